The fourth-order valence-electron chi connectivity index (χ4n) is 2.52. The summed E-state index contributed by atoms with van der Waals surface area (Å²) in [5, 5.41) is 3.27. The summed E-state index contributed by atoms with van der Waals surface area (Å²) < 4.78 is 5.17. The van der Waals surface area contributed by atoms with Crippen LogP contribution in [-0.2, 0) is 9.53 Å². The van der Waals surface area contributed by atoms with Gasteiger partial charge in [0.25, 0.3) is 0 Å². The normalized spacial score (nSPS) is 20.6. The van der Waals surface area contributed by atoms with Crippen molar-refractivity contribution in [3.8, 4) is 0 Å². The number of ether oxygens (including phenoxy) is 1. The van der Waals surface area contributed by atoms with E-state index in [1.54, 1.807) is 0 Å². The van der Waals surface area contributed by atoms with E-state index >= 15 is 0 Å². The highest BCUT2D eigenvalue weighted by atomic mass is 16.5. The van der Waals surface area contributed by atoms with E-state index in [0.717, 1.165) is 38.0 Å². The molecule has 2 saturated carbocycles. The molecule has 0 saturated heterocycles. The van der Waals surface area contributed by atoms with Crippen LogP contribution in [0.2, 0.25) is 0 Å². The van der Waals surface area contributed by atoms with Crippen molar-refractivity contribution in [3.05, 3.63) is 0 Å². The molecule has 19 heavy (non-hydrogen) atoms. The second kappa shape index (κ2) is 7.25. The first-order valence-electron chi connectivity index (χ1n) is 7.85. The van der Waals surface area contributed by atoms with Gasteiger partial charge in [0, 0.05) is 19.6 Å². The van der Waals surface area contributed by atoms with Gasteiger partial charge >= 0.3 is 5.97 Å². The molecule has 1 atom stereocenters. The number of esters is 1. The number of hydrogen-bond acceptors (Lipinski definition) is 4. The number of nitrogens with one attached hydrogen (secondary N) is 1. The Labute approximate surface area is 116 Å². The Morgan fingerprint density at radius 1 is 1.21 bits per heavy atom. The lowest BCUT2D eigenvalue weighted by Crippen LogP contribution is -2.48. The predicted octanol–water partition coefficient (Wildman–Crippen LogP) is 1.65. The highest BCUT2D eigenvalue weighted by molar-refractivity contribution is 5.76. The van der Waals surface area contributed by atoms with Crippen LogP contribution in [-0.4, -0.2) is 49.7 Å². The van der Waals surface area contributed by atoms with E-state index in [9.17, 15) is 4.79 Å². The molecule has 0 amide bonds. The van der Waals surface area contributed by atoms with E-state index in [-0.39, 0.29) is 12.0 Å². The predicted molar refractivity (Wildman–Crippen MR) is 76.0 cm³/mol. The second-order valence-corrected chi connectivity index (χ2v) is 5.97. The quantitative estimate of drug-likeness (QED) is 0.612. The van der Waals surface area contributed by atoms with Gasteiger partial charge in [-0.15, -0.1) is 0 Å². The average Bonchev–Trinajstić information content (AvgIpc) is 3.24. The minimum absolute atomic E-state index is 0.0963. The van der Waals surface area contributed by atoms with Gasteiger partial charge in [0.2, 0.25) is 0 Å². The van der Waals surface area contributed by atoms with Gasteiger partial charge in [-0.05, 0) is 51.0 Å². The van der Waals surface area contributed by atoms with E-state index in [2.05, 4.69) is 10.2 Å². The van der Waals surface area contributed by atoms with Crippen molar-refractivity contribution >= 4 is 5.97 Å². The number of hydrogen-bond donors (Lipinski definition) is 1. The molecule has 1 N–H and O–H groups in total. The minimum Gasteiger partial charge on any atom is -0.465 e. The van der Waals surface area contributed by atoms with Crippen molar-refractivity contribution in [2.24, 2.45) is 11.8 Å². The lowest BCUT2D eigenvalue weighted by Gasteiger charge is -2.27. The molecule has 2 aliphatic carbocycles. The minimum atomic E-state index is -0.164. The molecular weight excluding hydrogens is 240 g/mol. The topological polar surface area (TPSA) is 41.6 Å². The Bertz CT molecular complexity index is 274. The first-order chi connectivity index (χ1) is 9.22. The lowest BCUT2D eigenvalue weighted by atomic mass is 10.2. The van der Waals surface area contributed by atoms with Crippen LogP contribution in [0.4, 0.5) is 0 Å². The monoisotopic (exact) mass is 268 g/mol. The summed E-state index contributed by atoms with van der Waals surface area (Å²) in [7, 11) is 0. The Kier molecular flexibility index (Phi) is 5.64. The first-order valence-corrected chi connectivity index (χ1v) is 7.85. The van der Waals surface area contributed by atoms with Gasteiger partial charge in [-0.3, -0.25) is 4.79 Å². The summed E-state index contributed by atoms with van der Waals surface area (Å²) in [4.78, 5) is 14.4. The van der Waals surface area contributed by atoms with Crippen LogP contribution in [0.3, 0.4) is 0 Å². The van der Waals surface area contributed by atoms with Crippen molar-refractivity contribution in [3.63, 3.8) is 0 Å². The Hall–Kier alpha value is -0.610. The molecule has 0 aliphatic heterocycles. The fourth-order valence-corrected chi connectivity index (χ4v) is 2.52. The van der Waals surface area contributed by atoms with E-state index in [4.69, 9.17) is 4.74 Å². The summed E-state index contributed by atoms with van der Waals surface area (Å²) >= 11 is 0. The van der Waals surface area contributed by atoms with Gasteiger partial charge in [0.1, 0.15) is 6.04 Å². The standard InChI is InChI=1S/C15H28N2O2/c1-3-16-14(15(18)19-4-2)11-17(9-12-5-6-12)10-13-7-8-13/h12-14,16H,3-11H2,1-2H3. The van der Waals surface area contributed by atoms with Gasteiger partial charge in [-0.2, -0.15) is 0 Å². The van der Waals surface area contributed by atoms with E-state index in [1.807, 2.05) is 13.8 Å². The Balaban J connectivity index is 1.83. The second-order valence-electron chi connectivity index (χ2n) is 5.97. The Morgan fingerprint density at radius 3 is 2.21 bits per heavy atom. The number of carbonyl (C=O) groups excluding carboxylic acids is 1. The summed E-state index contributed by atoms with van der Waals surface area (Å²) in [6.45, 7) is 8.32. The highest BCUT2D eigenvalue weighted by Gasteiger charge is 2.31. The van der Waals surface area contributed by atoms with Crippen molar-refractivity contribution < 1.29 is 9.53 Å². The number of nitrogens with zero attached hydrogens (tertiary/aromatic N) is 1. The average molecular weight is 268 g/mol. The molecule has 2 fully saturated rings. The molecule has 4 nitrogen and oxygen atoms in total. The summed E-state index contributed by atoms with van der Waals surface area (Å²) in [5.74, 6) is 1.66. The van der Waals surface area contributed by atoms with Crippen molar-refractivity contribution in [1.82, 2.24) is 10.2 Å². The number of carbonyl (C=O) groups is 1. The van der Waals surface area contributed by atoms with Crippen LogP contribution in [0, 0.1) is 11.8 Å². The van der Waals surface area contributed by atoms with E-state index in [1.165, 1.54) is 25.7 Å². The third kappa shape index (κ3) is 5.49. The van der Waals surface area contributed by atoms with Crippen LogP contribution >= 0.6 is 0 Å². The third-order valence-electron chi connectivity index (χ3n) is 3.89. The lowest BCUT2D eigenvalue weighted by molar-refractivity contribution is -0.146. The maximum Gasteiger partial charge on any atom is 0.324 e. The van der Waals surface area contributed by atoms with E-state index in [0.29, 0.717) is 6.61 Å². The van der Waals surface area contributed by atoms with Gasteiger partial charge < -0.3 is 15.0 Å². The van der Waals surface area contributed by atoms with Crippen molar-refractivity contribution in [2.45, 2.75) is 45.6 Å². The number of likely N-dealkylation sites (N-methyl/N-ethyl adjacent to an activating group) is 1. The van der Waals surface area contributed by atoms with Crippen LogP contribution in [0.5, 0.6) is 0 Å². The zero-order valence-electron chi connectivity index (χ0n) is 12.4. The SMILES string of the molecule is CCNC(CN(CC1CC1)CC1CC1)C(=O)OCC. The molecule has 0 bridgehead atoms. The molecule has 0 heterocycles. The Morgan fingerprint density at radius 2 is 1.79 bits per heavy atom. The molecule has 0 aromatic heterocycles. The first kappa shape index (κ1) is 14.8. The van der Waals surface area contributed by atoms with Gasteiger partial charge in [-0.1, -0.05) is 6.92 Å². The molecule has 0 radical (unpaired) electrons. The molecule has 0 aromatic rings. The van der Waals surface area contributed by atoms with Gasteiger partial charge in [0.15, 0.2) is 0 Å². The van der Waals surface area contributed by atoms with Crippen LogP contribution in [0.15, 0.2) is 0 Å². The summed E-state index contributed by atoms with van der Waals surface area (Å²) in [5.41, 5.74) is 0. The zero-order valence-corrected chi connectivity index (χ0v) is 12.4. The van der Waals surface area contributed by atoms with E-state index < -0.39 is 0 Å². The molecular formula is C15H28N2O2. The largest absolute Gasteiger partial charge is 0.465 e. The van der Waals surface area contributed by atoms with Gasteiger partial charge in [0.05, 0.1) is 6.61 Å². The molecule has 4 heteroatoms. The highest BCUT2D eigenvalue weighted by Crippen LogP contribution is 2.33. The molecule has 110 valence electrons. The van der Waals surface area contributed by atoms with Crippen LogP contribution in [0.25, 0.3) is 0 Å². The van der Waals surface area contributed by atoms with Crippen molar-refractivity contribution in [1.29, 1.82) is 0 Å². The summed E-state index contributed by atoms with van der Waals surface area (Å²) in [6, 6.07) is -0.164. The van der Waals surface area contributed by atoms with Gasteiger partial charge in [-0.25, -0.2) is 0 Å². The molecule has 1 unspecified atom stereocenters. The maximum absolute atomic E-state index is 12.0. The van der Waals surface area contributed by atoms with Crippen LogP contribution < -0.4 is 5.32 Å². The number of rotatable bonds is 10. The third-order valence-corrected chi connectivity index (χ3v) is 3.89. The molecule has 2 rings (SSSR count). The summed E-state index contributed by atoms with van der Waals surface area (Å²) in [6.07, 6.45) is 5.47. The zero-order chi connectivity index (χ0) is 13.7. The fraction of sp³-hybridized carbons (Fsp3) is 0.933. The maximum atomic E-state index is 12.0. The molecule has 2 aliphatic rings. The van der Waals surface area contributed by atoms with Crippen molar-refractivity contribution in [2.75, 3.05) is 32.8 Å². The molecule has 0 spiro atoms. The van der Waals surface area contributed by atoms with Crippen LogP contribution in [0.1, 0.15) is 39.5 Å². The molecule has 0 aromatic carbocycles. The smallest absolute Gasteiger partial charge is 0.324 e.